The highest BCUT2D eigenvalue weighted by Crippen LogP contribution is 2.39. The van der Waals surface area contributed by atoms with Crippen molar-refractivity contribution in [3.8, 4) is 5.75 Å². The molecule has 6 nitrogen and oxygen atoms in total. The molecule has 0 unspecified atom stereocenters. The fourth-order valence-electron chi connectivity index (χ4n) is 3.18. The van der Waals surface area contributed by atoms with E-state index in [4.69, 9.17) is 14.2 Å². The topological polar surface area (TPSA) is 73.9 Å². The first-order valence-corrected chi connectivity index (χ1v) is 9.02. The number of allylic oxidation sites excluding steroid dienone is 2. The van der Waals surface area contributed by atoms with Gasteiger partial charge in [-0.3, -0.25) is 0 Å². The summed E-state index contributed by atoms with van der Waals surface area (Å²) < 4.78 is 15.6. The predicted octanol–water partition coefficient (Wildman–Crippen LogP) is 3.45. The van der Waals surface area contributed by atoms with E-state index >= 15 is 0 Å². The van der Waals surface area contributed by atoms with E-state index in [9.17, 15) is 9.59 Å². The maximum absolute atomic E-state index is 12.4. The number of hydrogen-bond acceptors (Lipinski definition) is 6. The number of hydrogen-bond donors (Lipinski definition) is 1. The molecule has 6 heteroatoms. The molecule has 0 atom stereocenters. The third kappa shape index (κ3) is 4.51. The van der Waals surface area contributed by atoms with E-state index in [1.54, 1.807) is 13.8 Å². The van der Waals surface area contributed by atoms with Crippen molar-refractivity contribution in [3.05, 3.63) is 52.4 Å². The number of esters is 2. The molecule has 27 heavy (non-hydrogen) atoms. The van der Waals surface area contributed by atoms with E-state index < -0.39 is 17.9 Å². The molecule has 146 valence electrons. The summed E-state index contributed by atoms with van der Waals surface area (Å²) in [6.45, 7) is 6.34. The van der Waals surface area contributed by atoms with Crippen molar-refractivity contribution in [3.63, 3.8) is 0 Å². The molecule has 1 N–H and O–H groups in total. The summed E-state index contributed by atoms with van der Waals surface area (Å²) in [6.07, 6.45) is 2.05. The fourth-order valence-corrected chi connectivity index (χ4v) is 3.18. The van der Waals surface area contributed by atoms with Gasteiger partial charge in [-0.25, -0.2) is 9.59 Å². The van der Waals surface area contributed by atoms with Gasteiger partial charge in [0, 0.05) is 11.4 Å². The van der Waals surface area contributed by atoms with Crippen LogP contribution >= 0.6 is 0 Å². The molecular weight excluding hydrogens is 346 g/mol. The first kappa shape index (κ1) is 20.6. The lowest BCUT2D eigenvalue weighted by Crippen LogP contribution is -2.32. The van der Waals surface area contributed by atoms with Crippen LogP contribution < -0.4 is 10.1 Å². The molecule has 0 aliphatic carbocycles. The van der Waals surface area contributed by atoms with E-state index in [2.05, 4.69) is 12.2 Å². The summed E-state index contributed by atoms with van der Waals surface area (Å²) in [5, 5.41) is 3.09. The van der Waals surface area contributed by atoms with Gasteiger partial charge in [0.05, 0.1) is 37.9 Å². The highest BCUT2D eigenvalue weighted by Gasteiger charge is 2.37. The Morgan fingerprint density at radius 1 is 0.963 bits per heavy atom. The molecule has 0 saturated heterocycles. The fraction of sp³-hybridized carbons (Fsp3) is 0.429. The normalized spacial score (nSPS) is 14.7. The monoisotopic (exact) mass is 373 g/mol. The number of carbonyl (C=O) groups is 2. The van der Waals surface area contributed by atoms with Crippen LogP contribution in [0.2, 0.25) is 0 Å². The molecule has 1 heterocycles. The molecule has 0 radical (unpaired) electrons. The minimum atomic E-state index is -0.573. The van der Waals surface area contributed by atoms with Gasteiger partial charge in [-0.05, 0) is 38.0 Å². The van der Waals surface area contributed by atoms with Crippen LogP contribution in [0, 0.1) is 0 Å². The van der Waals surface area contributed by atoms with Crippen LogP contribution in [0.5, 0.6) is 5.75 Å². The zero-order valence-electron chi connectivity index (χ0n) is 16.5. The smallest absolute Gasteiger partial charge is 0.336 e. The van der Waals surface area contributed by atoms with Crippen LogP contribution in [-0.2, 0) is 19.1 Å². The molecule has 0 fully saturated rings. The second kappa shape index (κ2) is 9.26. The van der Waals surface area contributed by atoms with Crippen molar-refractivity contribution in [2.45, 2.75) is 39.5 Å². The summed E-state index contributed by atoms with van der Waals surface area (Å²) in [6, 6.07) is 7.43. The van der Waals surface area contributed by atoms with E-state index in [-0.39, 0.29) is 0 Å². The highest BCUT2D eigenvalue weighted by molar-refractivity contribution is 5.99. The third-order valence-electron chi connectivity index (χ3n) is 4.55. The molecule has 0 saturated carbocycles. The minimum absolute atomic E-state index is 0.392. The number of ether oxygens (including phenoxy) is 3. The van der Waals surface area contributed by atoms with Crippen LogP contribution in [0.25, 0.3) is 0 Å². The average Bonchev–Trinajstić information content (AvgIpc) is 2.67. The Bertz CT molecular complexity index is 723. The molecule has 1 aromatic rings. The van der Waals surface area contributed by atoms with Crippen molar-refractivity contribution in [1.29, 1.82) is 0 Å². The zero-order valence-corrected chi connectivity index (χ0v) is 16.5. The average molecular weight is 373 g/mol. The van der Waals surface area contributed by atoms with Crippen LogP contribution in [0.1, 0.15) is 45.1 Å². The van der Waals surface area contributed by atoms with Gasteiger partial charge in [0.25, 0.3) is 0 Å². The Morgan fingerprint density at radius 3 is 1.93 bits per heavy atom. The van der Waals surface area contributed by atoms with E-state index in [1.807, 2.05) is 24.3 Å². The molecule has 0 amide bonds. The van der Waals surface area contributed by atoms with Crippen LogP contribution in [0.4, 0.5) is 0 Å². The molecule has 0 aromatic heterocycles. The summed E-state index contributed by atoms with van der Waals surface area (Å²) in [5.41, 5.74) is 2.88. The Kier molecular flexibility index (Phi) is 7.05. The second-order valence-corrected chi connectivity index (χ2v) is 6.39. The van der Waals surface area contributed by atoms with E-state index in [1.165, 1.54) is 14.2 Å². The lowest BCUT2D eigenvalue weighted by Gasteiger charge is -2.30. The quantitative estimate of drug-likeness (QED) is 0.583. The summed E-state index contributed by atoms with van der Waals surface area (Å²) in [7, 11) is 2.65. The molecule has 1 aromatic carbocycles. The van der Waals surface area contributed by atoms with Gasteiger partial charge < -0.3 is 19.5 Å². The SMILES string of the molecule is CCCCOc1ccc(C2C(C(=O)OC)=C(C)NC(C)=C2C(=O)OC)cc1. The van der Waals surface area contributed by atoms with Gasteiger partial charge in [0.1, 0.15) is 5.75 Å². The standard InChI is InChI=1S/C21H27NO5/c1-6-7-12-27-16-10-8-15(9-11-16)19-17(20(23)25-4)13(2)22-14(3)18(19)21(24)26-5/h8-11,19,22H,6-7,12H2,1-5H3. The molecule has 0 bridgehead atoms. The maximum atomic E-state index is 12.4. The van der Waals surface area contributed by atoms with Crippen molar-refractivity contribution in [2.75, 3.05) is 20.8 Å². The number of carbonyl (C=O) groups excluding carboxylic acids is 2. The largest absolute Gasteiger partial charge is 0.494 e. The van der Waals surface area contributed by atoms with Gasteiger partial charge in [-0.2, -0.15) is 0 Å². The molecular formula is C21H27NO5. The predicted molar refractivity (Wildman–Crippen MR) is 102 cm³/mol. The minimum Gasteiger partial charge on any atom is -0.494 e. The summed E-state index contributed by atoms with van der Waals surface area (Å²) >= 11 is 0. The number of dihydropyridines is 1. The van der Waals surface area contributed by atoms with Gasteiger partial charge in [0.15, 0.2) is 0 Å². The van der Waals surface area contributed by atoms with Crippen LogP contribution in [-0.4, -0.2) is 32.8 Å². The number of unbranched alkanes of at least 4 members (excludes halogenated alkanes) is 1. The maximum Gasteiger partial charge on any atom is 0.336 e. The van der Waals surface area contributed by atoms with Gasteiger partial charge >= 0.3 is 11.9 Å². The number of methoxy groups -OCH3 is 2. The van der Waals surface area contributed by atoms with Crippen molar-refractivity contribution >= 4 is 11.9 Å². The summed E-state index contributed by atoms with van der Waals surface area (Å²) in [4.78, 5) is 24.9. The third-order valence-corrected chi connectivity index (χ3v) is 4.55. The van der Waals surface area contributed by atoms with Crippen LogP contribution in [0.3, 0.4) is 0 Å². The lowest BCUT2D eigenvalue weighted by atomic mass is 9.80. The van der Waals surface area contributed by atoms with Crippen LogP contribution in [0.15, 0.2) is 46.8 Å². The molecule has 2 rings (SSSR count). The highest BCUT2D eigenvalue weighted by atomic mass is 16.5. The van der Waals surface area contributed by atoms with Gasteiger partial charge in [-0.1, -0.05) is 25.5 Å². The van der Waals surface area contributed by atoms with Crippen molar-refractivity contribution < 1.29 is 23.8 Å². The Balaban J connectivity index is 2.46. The van der Waals surface area contributed by atoms with E-state index in [0.29, 0.717) is 29.1 Å². The van der Waals surface area contributed by atoms with E-state index in [0.717, 1.165) is 24.2 Å². The second-order valence-electron chi connectivity index (χ2n) is 6.39. The number of rotatable bonds is 7. The Hall–Kier alpha value is -2.76. The van der Waals surface area contributed by atoms with Crippen molar-refractivity contribution in [1.82, 2.24) is 5.32 Å². The zero-order chi connectivity index (χ0) is 20.0. The first-order chi connectivity index (χ1) is 12.9. The first-order valence-electron chi connectivity index (χ1n) is 9.02. The number of nitrogens with one attached hydrogen (secondary N) is 1. The number of benzene rings is 1. The molecule has 1 aliphatic heterocycles. The van der Waals surface area contributed by atoms with Gasteiger partial charge in [-0.15, -0.1) is 0 Å². The Labute approximate surface area is 160 Å². The molecule has 1 aliphatic rings. The lowest BCUT2D eigenvalue weighted by molar-refractivity contribution is -0.137. The van der Waals surface area contributed by atoms with Gasteiger partial charge in [0.2, 0.25) is 0 Å². The molecule has 0 spiro atoms. The Morgan fingerprint density at radius 2 is 1.48 bits per heavy atom. The summed E-state index contributed by atoms with van der Waals surface area (Å²) in [5.74, 6) is -0.790. The van der Waals surface area contributed by atoms with Crippen molar-refractivity contribution in [2.24, 2.45) is 0 Å².